The summed E-state index contributed by atoms with van der Waals surface area (Å²) in [4.78, 5) is 10.8. The number of ketones is 1. The first-order valence-electron chi connectivity index (χ1n) is 4.12. The van der Waals surface area contributed by atoms with Crippen LogP contribution in [0.3, 0.4) is 0 Å². The standard InChI is InChI=1S/C9H17O/c1-3-5-6-7-8-9(10)4-2/h1,3-8H2,2H3. The van der Waals surface area contributed by atoms with Gasteiger partial charge in [0.25, 0.3) is 0 Å². The average Bonchev–Trinajstić information content (AvgIpc) is 1.98. The second-order valence-electron chi connectivity index (χ2n) is 2.56. The number of unbranched alkanes of at least 4 members (excludes halogenated alkanes) is 3. The molecule has 0 bridgehead atoms. The molecule has 1 heteroatoms. The third-order valence-corrected chi connectivity index (χ3v) is 1.60. The molecule has 10 heavy (non-hydrogen) atoms. The Hall–Kier alpha value is -0.330. The maximum absolute atomic E-state index is 10.8. The minimum absolute atomic E-state index is 0.393. The van der Waals surface area contributed by atoms with Gasteiger partial charge in [-0.25, -0.2) is 0 Å². The Morgan fingerprint density at radius 2 is 2.00 bits per heavy atom. The lowest BCUT2D eigenvalue weighted by Gasteiger charge is -1.95. The van der Waals surface area contributed by atoms with Gasteiger partial charge in [-0.05, 0) is 6.42 Å². The lowest BCUT2D eigenvalue weighted by molar-refractivity contribution is -0.118. The van der Waals surface area contributed by atoms with Gasteiger partial charge in [0.1, 0.15) is 5.78 Å². The van der Waals surface area contributed by atoms with Crippen LogP contribution >= 0.6 is 0 Å². The van der Waals surface area contributed by atoms with Gasteiger partial charge in [-0.2, -0.15) is 0 Å². The molecule has 0 aliphatic heterocycles. The van der Waals surface area contributed by atoms with Crippen molar-refractivity contribution in [2.45, 2.75) is 45.4 Å². The predicted octanol–water partition coefficient (Wildman–Crippen LogP) is 2.75. The van der Waals surface area contributed by atoms with E-state index in [1.165, 1.54) is 0 Å². The summed E-state index contributed by atoms with van der Waals surface area (Å²) in [5, 5.41) is 0. The minimum Gasteiger partial charge on any atom is -0.300 e. The molecule has 0 aromatic carbocycles. The van der Waals surface area contributed by atoms with Gasteiger partial charge in [0, 0.05) is 12.8 Å². The zero-order valence-corrected chi connectivity index (χ0v) is 6.86. The largest absolute Gasteiger partial charge is 0.300 e. The topological polar surface area (TPSA) is 17.1 Å². The van der Waals surface area contributed by atoms with Crippen LogP contribution in [0.5, 0.6) is 0 Å². The second kappa shape index (κ2) is 6.79. The number of carbonyl (C=O) groups excluding carboxylic acids is 1. The van der Waals surface area contributed by atoms with Crippen LogP contribution in [0.4, 0.5) is 0 Å². The quantitative estimate of drug-likeness (QED) is 0.520. The summed E-state index contributed by atoms with van der Waals surface area (Å²) >= 11 is 0. The van der Waals surface area contributed by atoms with Crippen molar-refractivity contribution in [3.8, 4) is 0 Å². The van der Waals surface area contributed by atoms with Crippen molar-refractivity contribution in [1.29, 1.82) is 0 Å². The third kappa shape index (κ3) is 5.80. The Bertz CT molecular complexity index is 86.7. The molecular weight excluding hydrogens is 124 g/mol. The van der Waals surface area contributed by atoms with Crippen molar-refractivity contribution >= 4 is 5.78 Å². The summed E-state index contributed by atoms with van der Waals surface area (Å²) in [7, 11) is 0. The zero-order valence-electron chi connectivity index (χ0n) is 6.86. The number of hydrogen-bond acceptors (Lipinski definition) is 1. The molecule has 0 aromatic heterocycles. The van der Waals surface area contributed by atoms with Crippen molar-refractivity contribution in [2.75, 3.05) is 0 Å². The molecule has 0 atom stereocenters. The fourth-order valence-electron chi connectivity index (χ4n) is 0.852. The van der Waals surface area contributed by atoms with Crippen molar-refractivity contribution in [3.63, 3.8) is 0 Å². The molecule has 0 spiro atoms. The van der Waals surface area contributed by atoms with Crippen LogP contribution in [0, 0.1) is 6.92 Å². The number of hydrogen-bond donors (Lipinski definition) is 0. The van der Waals surface area contributed by atoms with Gasteiger partial charge in [0.05, 0.1) is 0 Å². The van der Waals surface area contributed by atoms with E-state index in [4.69, 9.17) is 0 Å². The monoisotopic (exact) mass is 141 g/mol. The first-order chi connectivity index (χ1) is 4.81. The van der Waals surface area contributed by atoms with Gasteiger partial charge < -0.3 is 0 Å². The molecule has 1 radical (unpaired) electrons. The molecule has 0 fully saturated rings. The van der Waals surface area contributed by atoms with Gasteiger partial charge in [-0.15, -0.1) is 0 Å². The molecule has 1 nitrogen and oxygen atoms in total. The number of carbonyl (C=O) groups is 1. The molecule has 0 N–H and O–H groups in total. The molecule has 0 unspecified atom stereocenters. The van der Waals surface area contributed by atoms with Gasteiger partial charge in [0.15, 0.2) is 0 Å². The highest BCUT2D eigenvalue weighted by molar-refractivity contribution is 5.77. The maximum Gasteiger partial charge on any atom is 0.132 e. The molecule has 0 amide bonds. The number of rotatable bonds is 6. The Kier molecular flexibility index (Phi) is 6.56. The summed E-state index contributed by atoms with van der Waals surface area (Å²) in [6.07, 6.45) is 5.86. The molecule has 0 heterocycles. The van der Waals surface area contributed by atoms with Crippen LogP contribution in [-0.4, -0.2) is 5.78 Å². The first kappa shape index (κ1) is 9.67. The fourth-order valence-corrected chi connectivity index (χ4v) is 0.852. The molecule has 59 valence electrons. The molecule has 0 saturated carbocycles. The normalized spacial score (nSPS) is 9.80. The third-order valence-electron chi connectivity index (χ3n) is 1.60. The van der Waals surface area contributed by atoms with Crippen LogP contribution < -0.4 is 0 Å². The van der Waals surface area contributed by atoms with Crippen molar-refractivity contribution in [1.82, 2.24) is 0 Å². The van der Waals surface area contributed by atoms with Gasteiger partial charge in [-0.3, -0.25) is 4.79 Å². The second-order valence-corrected chi connectivity index (χ2v) is 2.56. The molecule has 0 saturated heterocycles. The van der Waals surface area contributed by atoms with E-state index < -0.39 is 0 Å². The summed E-state index contributed by atoms with van der Waals surface area (Å²) < 4.78 is 0. The Balaban J connectivity index is 2.96. The van der Waals surface area contributed by atoms with Gasteiger partial charge in [-0.1, -0.05) is 33.1 Å². The average molecular weight is 141 g/mol. The van der Waals surface area contributed by atoms with E-state index >= 15 is 0 Å². The van der Waals surface area contributed by atoms with E-state index in [1.807, 2.05) is 6.92 Å². The molecule has 0 rings (SSSR count). The van der Waals surface area contributed by atoms with E-state index in [-0.39, 0.29) is 0 Å². The summed E-state index contributed by atoms with van der Waals surface area (Å²) in [6.45, 7) is 5.66. The number of Topliss-reactive ketones (excluding diaryl/α,β-unsaturated/α-hetero) is 1. The summed E-state index contributed by atoms with van der Waals surface area (Å²) in [6, 6.07) is 0. The smallest absolute Gasteiger partial charge is 0.132 e. The van der Waals surface area contributed by atoms with Crippen LogP contribution in [0.2, 0.25) is 0 Å². The SMILES string of the molecule is [CH2]CCCCCC(=O)CC. The van der Waals surface area contributed by atoms with E-state index in [1.54, 1.807) is 0 Å². The van der Waals surface area contributed by atoms with Crippen molar-refractivity contribution in [2.24, 2.45) is 0 Å². The van der Waals surface area contributed by atoms with Crippen molar-refractivity contribution < 1.29 is 4.79 Å². The van der Waals surface area contributed by atoms with Crippen LogP contribution in [-0.2, 0) is 4.79 Å². The van der Waals surface area contributed by atoms with Crippen molar-refractivity contribution in [3.05, 3.63) is 6.92 Å². The lowest BCUT2D eigenvalue weighted by atomic mass is 10.1. The van der Waals surface area contributed by atoms with Crippen LogP contribution in [0.25, 0.3) is 0 Å². The zero-order chi connectivity index (χ0) is 7.82. The summed E-state index contributed by atoms with van der Waals surface area (Å²) in [5.41, 5.74) is 0. The molecular formula is C9H17O. The van der Waals surface area contributed by atoms with E-state index in [0.717, 1.165) is 32.1 Å². The Morgan fingerprint density at radius 1 is 1.30 bits per heavy atom. The van der Waals surface area contributed by atoms with E-state index in [0.29, 0.717) is 12.2 Å². The summed E-state index contributed by atoms with van der Waals surface area (Å²) in [5.74, 6) is 0.393. The lowest BCUT2D eigenvalue weighted by Crippen LogP contribution is -1.93. The Labute approximate surface area is 63.8 Å². The molecule has 0 aliphatic carbocycles. The van der Waals surface area contributed by atoms with Crippen LogP contribution in [0.15, 0.2) is 0 Å². The van der Waals surface area contributed by atoms with E-state index in [9.17, 15) is 4.79 Å². The first-order valence-corrected chi connectivity index (χ1v) is 4.12. The highest BCUT2D eigenvalue weighted by Gasteiger charge is 1.95. The molecule has 0 aromatic rings. The predicted molar refractivity (Wildman–Crippen MR) is 43.7 cm³/mol. The highest BCUT2D eigenvalue weighted by atomic mass is 16.1. The highest BCUT2D eigenvalue weighted by Crippen LogP contribution is 2.03. The van der Waals surface area contributed by atoms with Crippen LogP contribution in [0.1, 0.15) is 45.4 Å². The van der Waals surface area contributed by atoms with Gasteiger partial charge >= 0.3 is 0 Å². The Morgan fingerprint density at radius 3 is 2.50 bits per heavy atom. The molecule has 0 aliphatic rings. The fraction of sp³-hybridized carbons (Fsp3) is 0.778. The maximum atomic E-state index is 10.8. The minimum atomic E-state index is 0.393. The van der Waals surface area contributed by atoms with Gasteiger partial charge in [0.2, 0.25) is 0 Å². The van der Waals surface area contributed by atoms with E-state index in [2.05, 4.69) is 6.92 Å².